The zero-order valence-corrected chi connectivity index (χ0v) is 18.3. The van der Waals surface area contributed by atoms with E-state index in [0.29, 0.717) is 40.0 Å². The zero-order valence-electron chi connectivity index (χ0n) is 17.5. The summed E-state index contributed by atoms with van der Waals surface area (Å²) in [4.78, 5) is 20.7. The molecule has 0 saturated heterocycles. The Hall–Kier alpha value is -3.73. The van der Waals surface area contributed by atoms with Gasteiger partial charge in [0.25, 0.3) is 0 Å². The predicted molar refractivity (Wildman–Crippen MR) is 115 cm³/mol. The van der Waals surface area contributed by atoms with Crippen LogP contribution in [-0.4, -0.2) is 39.2 Å². The van der Waals surface area contributed by atoms with Gasteiger partial charge in [-0.25, -0.2) is 19.4 Å². The Morgan fingerprint density at radius 1 is 1.12 bits per heavy atom. The fraction of sp³-hybridized carbons (Fsp3) is 0.182. The van der Waals surface area contributed by atoms with Gasteiger partial charge in [-0.05, 0) is 48.9 Å². The van der Waals surface area contributed by atoms with Crippen LogP contribution in [0, 0.1) is 6.92 Å². The van der Waals surface area contributed by atoms with Crippen molar-refractivity contribution in [3.63, 3.8) is 0 Å². The molecule has 0 spiro atoms. The van der Waals surface area contributed by atoms with E-state index in [9.17, 15) is 18.0 Å². The van der Waals surface area contributed by atoms with E-state index in [4.69, 9.17) is 4.74 Å². The number of ether oxygens (including phenoxy) is 2. The number of hydrogen-bond donors (Lipinski definition) is 0. The molecule has 2 heterocycles. The van der Waals surface area contributed by atoms with Crippen LogP contribution < -0.4 is 4.74 Å². The molecular weight excluding hydrogens is 457 g/mol. The average Bonchev–Trinajstić information content (AvgIpc) is 3.40. The van der Waals surface area contributed by atoms with Gasteiger partial charge in [0.2, 0.25) is 5.82 Å². The average molecular weight is 474 g/mol. The molecule has 170 valence electrons. The molecule has 0 aliphatic rings. The maximum Gasteiger partial charge on any atom is 0.573 e. The zero-order chi connectivity index (χ0) is 23.6. The van der Waals surface area contributed by atoms with Crippen LogP contribution in [-0.2, 0) is 11.3 Å². The van der Waals surface area contributed by atoms with Gasteiger partial charge in [0.15, 0.2) is 5.01 Å². The van der Waals surface area contributed by atoms with Gasteiger partial charge in [0.1, 0.15) is 11.6 Å². The second-order valence-corrected chi connectivity index (χ2v) is 7.80. The molecule has 4 aromatic rings. The molecule has 0 radical (unpaired) electrons. The molecule has 7 nitrogen and oxygen atoms in total. The Balaban J connectivity index is 1.52. The molecule has 0 fully saturated rings. The minimum Gasteiger partial charge on any atom is -0.465 e. The quantitative estimate of drug-likeness (QED) is 0.362. The summed E-state index contributed by atoms with van der Waals surface area (Å²) in [5, 5.41) is 6.88. The molecule has 0 aliphatic heterocycles. The van der Waals surface area contributed by atoms with Crippen LogP contribution in [0.1, 0.15) is 21.7 Å². The van der Waals surface area contributed by atoms with E-state index >= 15 is 0 Å². The molecule has 0 saturated carbocycles. The Morgan fingerprint density at radius 3 is 2.58 bits per heavy atom. The largest absolute Gasteiger partial charge is 0.573 e. The fourth-order valence-electron chi connectivity index (χ4n) is 3.08. The van der Waals surface area contributed by atoms with E-state index in [-0.39, 0.29) is 5.75 Å². The van der Waals surface area contributed by atoms with Crippen molar-refractivity contribution in [2.45, 2.75) is 19.8 Å². The predicted octanol–water partition coefficient (Wildman–Crippen LogP) is 5.11. The first-order valence-electron chi connectivity index (χ1n) is 9.62. The SMILES string of the molecule is COC(=O)c1cccc(Cn2nc(-c3nc(-c4ccc(OC(F)(F)F)cc4)cs3)nc2C)c1. The topological polar surface area (TPSA) is 79.1 Å². The van der Waals surface area contributed by atoms with Crippen LogP contribution in [0.5, 0.6) is 5.75 Å². The summed E-state index contributed by atoms with van der Waals surface area (Å²) < 4.78 is 47.3. The van der Waals surface area contributed by atoms with E-state index < -0.39 is 12.3 Å². The highest BCUT2D eigenvalue weighted by Crippen LogP contribution is 2.30. The number of aromatic nitrogens is 4. The summed E-state index contributed by atoms with van der Waals surface area (Å²) in [7, 11) is 1.33. The van der Waals surface area contributed by atoms with Crippen LogP contribution in [0.2, 0.25) is 0 Å². The lowest BCUT2D eigenvalue weighted by atomic mass is 10.1. The number of rotatable bonds is 6. The molecule has 0 amide bonds. The summed E-state index contributed by atoms with van der Waals surface area (Å²) in [6, 6.07) is 12.5. The van der Waals surface area contributed by atoms with Crippen molar-refractivity contribution in [3.05, 3.63) is 70.9 Å². The monoisotopic (exact) mass is 474 g/mol. The summed E-state index contributed by atoms with van der Waals surface area (Å²) in [5.41, 5.74) is 2.54. The molecule has 11 heteroatoms. The van der Waals surface area contributed by atoms with Crippen molar-refractivity contribution in [2.75, 3.05) is 7.11 Å². The molecule has 0 atom stereocenters. The smallest absolute Gasteiger partial charge is 0.465 e. The molecule has 2 aromatic heterocycles. The van der Waals surface area contributed by atoms with Crippen molar-refractivity contribution in [1.82, 2.24) is 19.7 Å². The molecule has 0 unspecified atom stereocenters. The number of esters is 1. The Labute approximate surface area is 190 Å². The van der Waals surface area contributed by atoms with Crippen LogP contribution in [0.25, 0.3) is 22.1 Å². The fourth-order valence-corrected chi connectivity index (χ4v) is 3.84. The van der Waals surface area contributed by atoms with Crippen molar-refractivity contribution in [1.29, 1.82) is 0 Å². The number of hydrogen-bond acceptors (Lipinski definition) is 7. The van der Waals surface area contributed by atoms with Gasteiger partial charge in [-0.15, -0.1) is 29.6 Å². The number of carbonyl (C=O) groups excluding carboxylic acids is 1. The van der Waals surface area contributed by atoms with E-state index in [0.717, 1.165) is 5.56 Å². The third-order valence-corrected chi connectivity index (χ3v) is 5.45. The van der Waals surface area contributed by atoms with Crippen molar-refractivity contribution in [2.24, 2.45) is 0 Å². The third kappa shape index (κ3) is 5.37. The first kappa shape index (κ1) is 22.5. The van der Waals surface area contributed by atoms with Gasteiger partial charge in [-0.3, -0.25) is 0 Å². The standard InChI is InChI=1S/C22H17F3N4O3S/c1-13-26-19(28-29(13)11-14-4-3-5-16(10-14)21(30)31-2)20-27-18(12-33-20)15-6-8-17(9-7-15)32-22(23,24)25/h3-10,12H,11H2,1-2H3. The highest BCUT2D eigenvalue weighted by Gasteiger charge is 2.31. The van der Waals surface area contributed by atoms with Gasteiger partial charge >= 0.3 is 12.3 Å². The summed E-state index contributed by atoms with van der Waals surface area (Å²) in [5.74, 6) is 0.388. The Kier molecular flexibility index (Phi) is 6.14. The van der Waals surface area contributed by atoms with Gasteiger partial charge < -0.3 is 9.47 Å². The highest BCUT2D eigenvalue weighted by atomic mass is 32.1. The van der Waals surface area contributed by atoms with Gasteiger partial charge in [0, 0.05) is 10.9 Å². The van der Waals surface area contributed by atoms with E-state index in [1.54, 1.807) is 28.3 Å². The minimum atomic E-state index is -4.74. The molecule has 0 bridgehead atoms. The number of alkyl halides is 3. The molecule has 2 aromatic carbocycles. The molecule has 33 heavy (non-hydrogen) atoms. The summed E-state index contributed by atoms with van der Waals surface area (Å²) in [6.45, 7) is 2.22. The number of methoxy groups -OCH3 is 1. The van der Waals surface area contributed by atoms with E-state index in [1.165, 1.54) is 42.7 Å². The number of halogens is 3. The molecule has 0 N–H and O–H groups in total. The van der Waals surface area contributed by atoms with Crippen LogP contribution in [0.4, 0.5) is 13.2 Å². The minimum absolute atomic E-state index is 0.297. The lowest BCUT2D eigenvalue weighted by Crippen LogP contribution is -2.16. The van der Waals surface area contributed by atoms with E-state index in [1.807, 2.05) is 13.0 Å². The number of nitrogens with zero attached hydrogens (tertiary/aromatic N) is 4. The van der Waals surface area contributed by atoms with Crippen LogP contribution >= 0.6 is 11.3 Å². The second-order valence-electron chi connectivity index (χ2n) is 6.94. The lowest BCUT2D eigenvalue weighted by molar-refractivity contribution is -0.274. The first-order chi connectivity index (χ1) is 15.7. The van der Waals surface area contributed by atoms with Crippen LogP contribution in [0.15, 0.2) is 53.9 Å². The van der Waals surface area contributed by atoms with Gasteiger partial charge in [-0.2, -0.15) is 0 Å². The maximum atomic E-state index is 12.3. The van der Waals surface area contributed by atoms with Gasteiger partial charge in [0.05, 0.1) is 24.9 Å². The van der Waals surface area contributed by atoms with Crippen molar-refractivity contribution >= 4 is 17.3 Å². The number of aryl methyl sites for hydroxylation is 1. The maximum absolute atomic E-state index is 12.3. The summed E-state index contributed by atoms with van der Waals surface area (Å²) in [6.07, 6.45) is -4.74. The first-order valence-corrected chi connectivity index (χ1v) is 10.5. The lowest BCUT2D eigenvalue weighted by Gasteiger charge is -2.08. The number of thiazole rings is 1. The van der Waals surface area contributed by atoms with Crippen LogP contribution in [0.3, 0.4) is 0 Å². The Morgan fingerprint density at radius 2 is 1.88 bits per heavy atom. The number of benzene rings is 2. The number of carbonyl (C=O) groups is 1. The van der Waals surface area contributed by atoms with Gasteiger partial charge in [-0.1, -0.05) is 12.1 Å². The van der Waals surface area contributed by atoms with E-state index in [2.05, 4.69) is 19.8 Å². The van der Waals surface area contributed by atoms with Crippen molar-refractivity contribution in [3.8, 4) is 27.8 Å². The third-order valence-electron chi connectivity index (χ3n) is 4.62. The molecule has 4 rings (SSSR count). The molecule has 0 aliphatic carbocycles. The highest BCUT2D eigenvalue weighted by molar-refractivity contribution is 7.13. The molecular formula is C22H17F3N4O3S. The second kappa shape index (κ2) is 9.02. The Bertz CT molecular complexity index is 1280. The van der Waals surface area contributed by atoms with Crippen molar-refractivity contribution < 1.29 is 27.4 Å². The normalized spacial score (nSPS) is 11.4. The summed E-state index contributed by atoms with van der Waals surface area (Å²) >= 11 is 1.33.